The van der Waals surface area contributed by atoms with E-state index in [9.17, 15) is 4.79 Å². The summed E-state index contributed by atoms with van der Waals surface area (Å²) in [6.07, 6.45) is 3.77. The molecule has 1 aliphatic rings. The molecule has 1 fully saturated rings. The Labute approximate surface area is 163 Å². The SMILES string of the molecule is Cc1ccc(C(=O)NCC(c2ccc(N(C)C)cc2)N2CCCCC2)cc1. The highest BCUT2D eigenvalue weighted by atomic mass is 16.1. The maximum atomic E-state index is 12.6. The number of piperidine rings is 1. The molecule has 1 heterocycles. The van der Waals surface area contributed by atoms with E-state index in [4.69, 9.17) is 0 Å². The summed E-state index contributed by atoms with van der Waals surface area (Å²) >= 11 is 0. The van der Waals surface area contributed by atoms with E-state index in [1.807, 2.05) is 31.2 Å². The highest BCUT2D eigenvalue weighted by molar-refractivity contribution is 5.94. The maximum absolute atomic E-state index is 12.6. The predicted octanol–water partition coefficient (Wildman–Crippen LogP) is 4.02. The molecule has 0 aliphatic carbocycles. The third kappa shape index (κ3) is 5.10. The number of carbonyl (C=O) groups is 1. The molecule has 1 unspecified atom stereocenters. The first-order valence-corrected chi connectivity index (χ1v) is 9.91. The monoisotopic (exact) mass is 365 g/mol. The van der Waals surface area contributed by atoms with Gasteiger partial charge in [-0.1, -0.05) is 36.2 Å². The quantitative estimate of drug-likeness (QED) is 0.840. The number of likely N-dealkylation sites (tertiary alicyclic amines) is 1. The van der Waals surface area contributed by atoms with E-state index in [-0.39, 0.29) is 11.9 Å². The van der Waals surface area contributed by atoms with E-state index in [1.165, 1.54) is 36.1 Å². The molecule has 3 rings (SSSR count). The fourth-order valence-electron chi connectivity index (χ4n) is 3.68. The molecule has 1 aliphatic heterocycles. The van der Waals surface area contributed by atoms with Gasteiger partial charge in [0.15, 0.2) is 0 Å². The topological polar surface area (TPSA) is 35.6 Å². The van der Waals surface area contributed by atoms with Crippen LogP contribution in [0.25, 0.3) is 0 Å². The summed E-state index contributed by atoms with van der Waals surface area (Å²) in [6, 6.07) is 16.7. The van der Waals surface area contributed by atoms with Gasteiger partial charge in [-0.25, -0.2) is 0 Å². The third-order valence-corrected chi connectivity index (χ3v) is 5.40. The summed E-state index contributed by atoms with van der Waals surface area (Å²) in [5.74, 6) is 0.00178. The van der Waals surface area contributed by atoms with Crippen molar-refractivity contribution in [3.05, 3.63) is 65.2 Å². The van der Waals surface area contributed by atoms with E-state index >= 15 is 0 Å². The van der Waals surface area contributed by atoms with Gasteiger partial charge in [-0.3, -0.25) is 9.69 Å². The van der Waals surface area contributed by atoms with Crippen molar-refractivity contribution >= 4 is 11.6 Å². The Morgan fingerprint density at radius 3 is 2.22 bits per heavy atom. The van der Waals surface area contributed by atoms with Crippen molar-refractivity contribution in [1.29, 1.82) is 0 Å². The van der Waals surface area contributed by atoms with Crippen LogP contribution < -0.4 is 10.2 Å². The lowest BCUT2D eigenvalue weighted by Gasteiger charge is -2.35. The van der Waals surface area contributed by atoms with Gasteiger partial charge in [-0.05, 0) is 62.7 Å². The fourth-order valence-corrected chi connectivity index (χ4v) is 3.68. The first-order chi connectivity index (χ1) is 13.0. The number of nitrogens with one attached hydrogen (secondary N) is 1. The van der Waals surface area contributed by atoms with Gasteiger partial charge in [0.1, 0.15) is 0 Å². The van der Waals surface area contributed by atoms with Gasteiger partial charge in [-0.2, -0.15) is 0 Å². The average Bonchev–Trinajstić information content (AvgIpc) is 2.69. The zero-order valence-corrected chi connectivity index (χ0v) is 16.7. The number of hydrogen-bond acceptors (Lipinski definition) is 3. The number of hydrogen-bond donors (Lipinski definition) is 1. The second-order valence-electron chi connectivity index (χ2n) is 7.67. The van der Waals surface area contributed by atoms with Gasteiger partial charge < -0.3 is 10.2 Å². The number of aryl methyl sites for hydroxylation is 1. The van der Waals surface area contributed by atoms with Crippen molar-refractivity contribution in [2.24, 2.45) is 0 Å². The summed E-state index contributed by atoms with van der Waals surface area (Å²) in [4.78, 5) is 17.2. The highest BCUT2D eigenvalue weighted by Crippen LogP contribution is 2.26. The molecular formula is C23H31N3O. The van der Waals surface area contributed by atoms with Crippen molar-refractivity contribution < 1.29 is 4.79 Å². The Bertz CT molecular complexity index is 731. The molecule has 0 bridgehead atoms. The highest BCUT2D eigenvalue weighted by Gasteiger charge is 2.23. The maximum Gasteiger partial charge on any atom is 0.251 e. The molecule has 4 heteroatoms. The zero-order chi connectivity index (χ0) is 19.2. The van der Waals surface area contributed by atoms with Gasteiger partial charge in [0, 0.05) is 31.9 Å². The minimum Gasteiger partial charge on any atom is -0.378 e. The van der Waals surface area contributed by atoms with Crippen molar-refractivity contribution in [2.75, 3.05) is 38.6 Å². The van der Waals surface area contributed by atoms with E-state index < -0.39 is 0 Å². The largest absolute Gasteiger partial charge is 0.378 e. The molecule has 0 aromatic heterocycles. The Kier molecular flexibility index (Phi) is 6.51. The first-order valence-electron chi connectivity index (χ1n) is 9.91. The lowest BCUT2D eigenvalue weighted by Crippen LogP contribution is -2.40. The number of anilines is 1. The number of benzene rings is 2. The van der Waals surface area contributed by atoms with Crippen LogP contribution in [0.1, 0.15) is 46.8 Å². The van der Waals surface area contributed by atoms with E-state index in [0.29, 0.717) is 6.54 Å². The average molecular weight is 366 g/mol. The van der Waals surface area contributed by atoms with Crippen molar-refractivity contribution in [1.82, 2.24) is 10.2 Å². The lowest BCUT2D eigenvalue weighted by atomic mass is 10.0. The molecule has 1 saturated heterocycles. The van der Waals surface area contributed by atoms with Gasteiger partial charge in [0.25, 0.3) is 5.91 Å². The molecule has 2 aromatic carbocycles. The van der Waals surface area contributed by atoms with Crippen LogP contribution in [-0.2, 0) is 0 Å². The number of rotatable bonds is 6. The lowest BCUT2D eigenvalue weighted by molar-refractivity contribution is 0.0924. The Morgan fingerprint density at radius 1 is 1.00 bits per heavy atom. The number of carbonyl (C=O) groups excluding carboxylic acids is 1. The smallest absolute Gasteiger partial charge is 0.251 e. The molecule has 27 heavy (non-hydrogen) atoms. The fraction of sp³-hybridized carbons (Fsp3) is 0.435. The molecule has 4 nitrogen and oxygen atoms in total. The summed E-state index contributed by atoms with van der Waals surface area (Å²) in [5.41, 5.74) is 4.35. The van der Waals surface area contributed by atoms with Crippen LogP contribution in [0.5, 0.6) is 0 Å². The summed E-state index contributed by atoms with van der Waals surface area (Å²) in [7, 11) is 4.11. The van der Waals surface area contributed by atoms with E-state index in [2.05, 4.69) is 53.5 Å². The third-order valence-electron chi connectivity index (χ3n) is 5.40. The van der Waals surface area contributed by atoms with Crippen molar-refractivity contribution in [3.8, 4) is 0 Å². The summed E-state index contributed by atoms with van der Waals surface area (Å²) < 4.78 is 0. The van der Waals surface area contributed by atoms with Gasteiger partial charge >= 0.3 is 0 Å². The Morgan fingerprint density at radius 2 is 1.63 bits per heavy atom. The molecule has 144 valence electrons. The van der Waals surface area contributed by atoms with Crippen LogP contribution in [0.3, 0.4) is 0 Å². The molecular weight excluding hydrogens is 334 g/mol. The van der Waals surface area contributed by atoms with Crippen LogP contribution in [0.4, 0.5) is 5.69 Å². The Balaban J connectivity index is 1.73. The second-order valence-corrected chi connectivity index (χ2v) is 7.67. The predicted molar refractivity (Wildman–Crippen MR) is 112 cm³/mol. The minimum absolute atomic E-state index is 0.00178. The summed E-state index contributed by atoms with van der Waals surface area (Å²) in [6.45, 7) is 4.86. The number of nitrogens with zero attached hydrogens (tertiary/aromatic N) is 2. The normalized spacial score (nSPS) is 16.0. The zero-order valence-electron chi connectivity index (χ0n) is 16.7. The molecule has 1 N–H and O–H groups in total. The molecule has 0 spiro atoms. The van der Waals surface area contributed by atoms with Crippen molar-refractivity contribution in [3.63, 3.8) is 0 Å². The summed E-state index contributed by atoms with van der Waals surface area (Å²) in [5, 5.41) is 3.16. The van der Waals surface area contributed by atoms with E-state index in [1.54, 1.807) is 0 Å². The molecule has 0 radical (unpaired) electrons. The van der Waals surface area contributed by atoms with Crippen LogP contribution in [0.2, 0.25) is 0 Å². The van der Waals surface area contributed by atoms with E-state index in [0.717, 1.165) is 18.7 Å². The number of amides is 1. The Hall–Kier alpha value is -2.33. The molecule has 1 atom stereocenters. The van der Waals surface area contributed by atoms with Gasteiger partial charge in [0.2, 0.25) is 0 Å². The first kappa shape index (κ1) is 19.4. The van der Waals surface area contributed by atoms with Gasteiger partial charge in [-0.15, -0.1) is 0 Å². The second kappa shape index (κ2) is 9.05. The standard InChI is InChI=1S/C23H31N3O/c1-18-7-9-20(10-8-18)23(27)24-17-22(26-15-5-4-6-16-26)19-11-13-21(14-12-19)25(2)3/h7-14,22H,4-6,15-17H2,1-3H3,(H,24,27). The van der Waals surface area contributed by atoms with Gasteiger partial charge in [0.05, 0.1) is 6.04 Å². The van der Waals surface area contributed by atoms with Crippen molar-refractivity contribution in [2.45, 2.75) is 32.2 Å². The van der Waals surface area contributed by atoms with Crippen LogP contribution in [0.15, 0.2) is 48.5 Å². The minimum atomic E-state index is 0.00178. The van der Waals surface area contributed by atoms with Crippen LogP contribution >= 0.6 is 0 Å². The molecule has 1 amide bonds. The van der Waals surface area contributed by atoms with Crippen LogP contribution in [0, 0.1) is 6.92 Å². The molecule has 2 aromatic rings. The van der Waals surface area contributed by atoms with Crippen LogP contribution in [-0.4, -0.2) is 44.5 Å². The molecule has 0 saturated carbocycles.